The van der Waals surface area contributed by atoms with Crippen molar-refractivity contribution in [3.8, 4) is 0 Å². The number of hydrogen-bond donors (Lipinski definition) is 0. The van der Waals surface area contributed by atoms with Gasteiger partial charge in [0.05, 0.1) is 8.07 Å². The summed E-state index contributed by atoms with van der Waals surface area (Å²) < 4.78 is 14.4. The lowest BCUT2D eigenvalue weighted by Crippen LogP contribution is -2.31. The molecular weight excluding hydrogens is 303 g/mol. The summed E-state index contributed by atoms with van der Waals surface area (Å²) in [5, 5.41) is 1.92. The molecular formula is C19H21OPSi. The van der Waals surface area contributed by atoms with Crippen LogP contribution < -0.4 is 10.6 Å². The van der Waals surface area contributed by atoms with E-state index in [4.69, 9.17) is 0 Å². The minimum Gasteiger partial charge on any atom is -0.309 e. The molecule has 1 atom stereocenters. The second-order valence-electron chi connectivity index (χ2n) is 6.66. The van der Waals surface area contributed by atoms with Gasteiger partial charge >= 0.3 is 0 Å². The summed E-state index contributed by atoms with van der Waals surface area (Å²) in [5.74, 6) is 0. The maximum Gasteiger partial charge on any atom is 0.164 e. The zero-order valence-electron chi connectivity index (χ0n) is 13.3. The topological polar surface area (TPSA) is 17.1 Å². The molecule has 3 heteroatoms. The summed E-state index contributed by atoms with van der Waals surface area (Å²) in [4.78, 5) is 1.15. The van der Waals surface area contributed by atoms with Crippen molar-refractivity contribution >= 4 is 31.9 Å². The van der Waals surface area contributed by atoms with E-state index in [1.807, 2.05) is 48.5 Å². The number of rotatable bonds is 2. The van der Waals surface area contributed by atoms with Gasteiger partial charge in [-0.25, -0.2) is 0 Å². The Morgan fingerprint density at radius 3 is 2.18 bits per heavy atom. The van der Waals surface area contributed by atoms with E-state index in [0.29, 0.717) is 0 Å². The fourth-order valence-corrected chi connectivity index (χ4v) is 10.7. The molecule has 22 heavy (non-hydrogen) atoms. The molecule has 0 spiro atoms. The van der Waals surface area contributed by atoms with Crippen molar-refractivity contribution in [2.45, 2.75) is 19.6 Å². The molecule has 0 bridgehead atoms. The van der Waals surface area contributed by atoms with Crippen LogP contribution >= 0.6 is 7.14 Å². The lowest BCUT2D eigenvalue weighted by molar-refractivity contribution is 0.591. The van der Waals surface area contributed by atoms with Crippen LogP contribution in [0.1, 0.15) is 5.56 Å². The van der Waals surface area contributed by atoms with Gasteiger partial charge in [0.15, 0.2) is 7.14 Å². The highest BCUT2D eigenvalue weighted by molar-refractivity contribution is 7.85. The second-order valence-corrected chi connectivity index (χ2v) is 14.8. The summed E-state index contributed by atoms with van der Waals surface area (Å²) in [6.45, 7) is 6.82. The van der Waals surface area contributed by atoms with Crippen molar-refractivity contribution in [1.29, 1.82) is 0 Å². The van der Waals surface area contributed by atoms with Crippen LogP contribution in [0.4, 0.5) is 0 Å². The average molecular weight is 324 g/mol. The van der Waals surface area contributed by atoms with E-state index in [9.17, 15) is 4.57 Å². The number of allylic oxidation sites excluding steroid dienone is 2. The standard InChI is InChI=1S/C19H21OPSi/c1-22(2,3)19-15-9-11-16-10-7-8-14-18(16)21(19,20)17-12-5-4-6-13-17/h4-15H,1-3H3. The summed E-state index contributed by atoms with van der Waals surface area (Å²) in [5.41, 5.74) is 1.07. The van der Waals surface area contributed by atoms with Crippen LogP contribution in [-0.4, -0.2) is 8.07 Å². The van der Waals surface area contributed by atoms with E-state index in [-0.39, 0.29) is 0 Å². The highest BCUT2D eigenvalue weighted by Crippen LogP contribution is 2.56. The first kappa shape index (κ1) is 15.3. The molecule has 1 unspecified atom stereocenters. The first-order chi connectivity index (χ1) is 10.4. The zero-order valence-corrected chi connectivity index (χ0v) is 15.2. The van der Waals surface area contributed by atoms with Gasteiger partial charge in [0.1, 0.15) is 0 Å². The number of fused-ring (bicyclic) bond motifs is 1. The van der Waals surface area contributed by atoms with Crippen LogP contribution in [0.3, 0.4) is 0 Å². The maximum absolute atomic E-state index is 14.4. The fourth-order valence-electron chi connectivity index (χ4n) is 3.03. The molecule has 1 aliphatic rings. The molecule has 0 fully saturated rings. The van der Waals surface area contributed by atoms with Crippen molar-refractivity contribution < 1.29 is 4.57 Å². The SMILES string of the molecule is C[Si](C)(C)C1=CC=Cc2ccccc2P1(=O)c1ccccc1. The molecule has 1 aliphatic heterocycles. The van der Waals surface area contributed by atoms with Crippen LogP contribution in [0, 0.1) is 0 Å². The van der Waals surface area contributed by atoms with Crippen LogP contribution in [0.25, 0.3) is 6.08 Å². The molecule has 0 amide bonds. The summed E-state index contributed by atoms with van der Waals surface area (Å²) in [6.07, 6.45) is 6.26. The Bertz CT molecular complexity index is 798. The van der Waals surface area contributed by atoms with E-state index in [0.717, 1.165) is 21.1 Å². The Kier molecular flexibility index (Phi) is 3.84. The second kappa shape index (κ2) is 5.53. The molecule has 0 saturated carbocycles. The van der Waals surface area contributed by atoms with Crippen molar-refractivity contribution in [2.24, 2.45) is 0 Å². The van der Waals surface area contributed by atoms with Crippen molar-refractivity contribution in [2.75, 3.05) is 0 Å². The third kappa shape index (κ3) is 2.47. The first-order valence-corrected chi connectivity index (χ1v) is 12.8. The summed E-state index contributed by atoms with van der Waals surface area (Å²) in [7, 11) is -4.50. The van der Waals surface area contributed by atoms with Crippen molar-refractivity contribution in [1.82, 2.24) is 0 Å². The molecule has 2 aromatic rings. The monoisotopic (exact) mass is 324 g/mol. The van der Waals surface area contributed by atoms with Crippen LogP contribution in [0.2, 0.25) is 19.6 Å². The Morgan fingerprint density at radius 2 is 1.50 bits per heavy atom. The Balaban J connectivity index is 2.37. The minimum absolute atomic E-state index is 0.944. The predicted octanol–water partition coefficient (Wildman–Crippen LogP) is 4.79. The first-order valence-electron chi connectivity index (χ1n) is 7.59. The predicted molar refractivity (Wildman–Crippen MR) is 100 cm³/mol. The van der Waals surface area contributed by atoms with E-state index in [1.54, 1.807) is 0 Å². The van der Waals surface area contributed by atoms with Crippen molar-refractivity contribution in [3.05, 3.63) is 77.3 Å². The largest absolute Gasteiger partial charge is 0.309 e. The van der Waals surface area contributed by atoms with E-state index >= 15 is 0 Å². The lowest BCUT2D eigenvalue weighted by atomic mass is 10.2. The molecule has 2 aromatic carbocycles. The quantitative estimate of drug-likeness (QED) is 0.573. The normalized spacial score (nSPS) is 21.0. The third-order valence-electron chi connectivity index (χ3n) is 4.03. The van der Waals surface area contributed by atoms with Gasteiger partial charge in [-0.15, -0.1) is 0 Å². The van der Waals surface area contributed by atoms with Crippen LogP contribution in [0.15, 0.2) is 71.7 Å². The van der Waals surface area contributed by atoms with Gasteiger partial charge < -0.3 is 4.57 Å². The van der Waals surface area contributed by atoms with Gasteiger partial charge in [0, 0.05) is 10.6 Å². The van der Waals surface area contributed by atoms with E-state index < -0.39 is 15.2 Å². The van der Waals surface area contributed by atoms with Crippen LogP contribution in [0.5, 0.6) is 0 Å². The van der Waals surface area contributed by atoms with Gasteiger partial charge in [0.2, 0.25) is 0 Å². The van der Waals surface area contributed by atoms with Gasteiger partial charge in [0.25, 0.3) is 0 Å². The average Bonchev–Trinajstić information content (AvgIpc) is 2.66. The van der Waals surface area contributed by atoms with Gasteiger partial charge in [-0.1, -0.05) is 92.5 Å². The maximum atomic E-state index is 14.4. The smallest absolute Gasteiger partial charge is 0.164 e. The fraction of sp³-hybridized carbons (Fsp3) is 0.158. The Labute approximate surface area is 133 Å². The summed E-state index contributed by atoms with van der Waals surface area (Å²) >= 11 is 0. The van der Waals surface area contributed by atoms with Gasteiger partial charge in [-0.3, -0.25) is 0 Å². The molecule has 0 aliphatic carbocycles. The molecule has 0 aromatic heterocycles. The van der Waals surface area contributed by atoms with E-state index in [1.165, 1.54) is 0 Å². The Morgan fingerprint density at radius 1 is 0.864 bits per heavy atom. The molecule has 0 saturated heterocycles. The van der Waals surface area contributed by atoms with Crippen LogP contribution in [-0.2, 0) is 4.57 Å². The molecule has 112 valence electrons. The minimum atomic E-state index is -2.77. The van der Waals surface area contributed by atoms with Gasteiger partial charge in [-0.05, 0) is 10.5 Å². The third-order valence-corrected chi connectivity index (χ3v) is 11.6. The summed E-state index contributed by atoms with van der Waals surface area (Å²) in [6, 6.07) is 18.1. The highest BCUT2D eigenvalue weighted by Gasteiger charge is 2.40. The van der Waals surface area contributed by atoms with E-state index in [2.05, 4.69) is 43.9 Å². The molecule has 1 nitrogen and oxygen atoms in total. The number of benzene rings is 2. The molecule has 0 N–H and O–H groups in total. The molecule has 1 heterocycles. The van der Waals surface area contributed by atoms with Gasteiger partial charge in [-0.2, -0.15) is 0 Å². The molecule has 3 rings (SSSR count). The molecule has 0 radical (unpaired) electrons. The Hall–Kier alpha value is -1.63. The lowest BCUT2D eigenvalue weighted by Gasteiger charge is -2.30. The number of hydrogen-bond acceptors (Lipinski definition) is 1. The van der Waals surface area contributed by atoms with Crippen molar-refractivity contribution in [3.63, 3.8) is 0 Å². The highest BCUT2D eigenvalue weighted by atomic mass is 31.2. The zero-order chi connectivity index (χ0) is 15.8.